The maximum Gasteiger partial charge on any atom is 0.345 e. The van der Waals surface area contributed by atoms with Crippen molar-refractivity contribution in [1.29, 1.82) is 0 Å². The normalized spacial score (nSPS) is 10.9. The molecule has 24 heavy (non-hydrogen) atoms. The van der Waals surface area contributed by atoms with Crippen LogP contribution >= 0.6 is 0 Å². The summed E-state index contributed by atoms with van der Waals surface area (Å²) in [5, 5.41) is 0.766. The van der Waals surface area contributed by atoms with Crippen LogP contribution in [0.3, 0.4) is 0 Å². The number of benzene rings is 2. The van der Waals surface area contributed by atoms with Gasteiger partial charge in [-0.25, -0.2) is 19.2 Å². The maximum atomic E-state index is 13.2. The second kappa shape index (κ2) is 5.66. The van der Waals surface area contributed by atoms with Gasteiger partial charge in [0.15, 0.2) is 0 Å². The molecule has 0 amide bonds. The number of fused-ring (bicyclic) bond motifs is 1. The quantitative estimate of drug-likeness (QED) is 0.616. The number of hydrogen-bond donors (Lipinski definition) is 1. The fraction of sp³-hybridized carbons (Fsp3) is 0. The molecular formula is C18H11FN4O. The van der Waals surface area contributed by atoms with E-state index < -0.39 is 5.69 Å². The Bertz CT molecular complexity index is 1080. The van der Waals surface area contributed by atoms with E-state index in [1.165, 1.54) is 18.5 Å². The lowest BCUT2D eigenvalue weighted by molar-refractivity contribution is 0.628. The van der Waals surface area contributed by atoms with Crippen molar-refractivity contribution >= 4 is 10.9 Å². The van der Waals surface area contributed by atoms with Gasteiger partial charge in [-0.3, -0.25) is 0 Å². The summed E-state index contributed by atoms with van der Waals surface area (Å²) in [5.74, 6) is -0.338. The molecule has 0 aliphatic heterocycles. The maximum absolute atomic E-state index is 13.2. The first-order valence-electron chi connectivity index (χ1n) is 7.26. The van der Waals surface area contributed by atoms with E-state index in [4.69, 9.17) is 0 Å². The molecule has 0 unspecified atom stereocenters. The summed E-state index contributed by atoms with van der Waals surface area (Å²) in [6.45, 7) is 0. The van der Waals surface area contributed by atoms with E-state index in [9.17, 15) is 9.18 Å². The van der Waals surface area contributed by atoms with Crippen LogP contribution < -0.4 is 5.69 Å². The van der Waals surface area contributed by atoms with Crippen LogP contribution in [0, 0.1) is 5.82 Å². The first-order chi connectivity index (χ1) is 11.7. The molecule has 0 saturated carbocycles. The Morgan fingerprint density at radius 3 is 2.33 bits per heavy atom. The summed E-state index contributed by atoms with van der Waals surface area (Å²) in [6, 6.07) is 11.5. The van der Waals surface area contributed by atoms with Crippen molar-refractivity contribution in [3.8, 4) is 22.4 Å². The van der Waals surface area contributed by atoms with E-state index in [1.807, 2.05) is 18.2 Å². The molecule has 4 rings (SSSR count). The third-order valence-corrected chi connectivity index (χ3v) is 3.74. The van der Waals surface area contributed by atoms with E-state index in [0.29, 0.717) is 16.8 Å². The fourth-order valence-electron chi connectivity index (χ4n) is 2.61. The number of H-pyrrole nitrogens is 1. The molecule has 2 aromatic carbocycles. The van der Waals surface area contributed by atoms with E-state index >= 15 is 0 Å². The second-order valence-electron chi connectivity index (χ2n) is 5.28. The summed E-state index contributed by atoms with van der Waals surface area (Å²) < 4.78 is 13.2. The lowest BCUT2D eigenvalue weighted by atomic mass is 10.0. The average Bonchev–Trinajstić information content (AvgIpc) is 2.62. The van der Waals surface area contributed by atoms with E-state index in [0.717, 1.165) is 16.5 Å². The molecular weight excluding hydrogens is 307 g/mol. The van der Waals surface area contributed by atoms with Crippen LogP contribution in [0.1, 0.15) is 0 Å². The number of nitrogens with one attached hydrogen (secondary N) is 1. The minimum absolute atomic E-state index is 0.338. The molecule has 0 fully saturated rings. The van der Waals surface area contributed by atoms with Crippen LogP contribution in [-0.2, 0) is 0 Å². The second-order valence-corrected chi connectivity index (χ2v) is 5.28. The van der Waals surface area contributed by atoms with Crippen molar-refractivity contribution in [2.75, 3.05) is 0 Å². The zero-order valence-corrected chi connectivity index (χ0v) is 12.4. The molecule has 0 atom stereocenters. The number of nitrogens with zero attached hydrogens (tertiary/aromatic N) is 3. The van der Waals surface area contributed by atoms with Gasteiger partial charge in [-0.1, -0.05) is 6.07 Å². The number of aromatic amines is 1. The molecule has 0 bridgehead atoms. The van der Waals surface area contributed by atoms with Gasteiger partial charge in [0, 0.05) is 28.9 Å². The van der Waals surface area contributed by atoms with Crippen molar-refractivity contribution in [3.63, 3.8) is 0 Å². The zero-order valence-electron chi connectivity index (χ0n) is 12.4. The Kier molecular flexibility index (Phi) is 3.35. The van der Waals surface area contributed by atoms with Crippen molar-refractivity contribution in [2.45, 2.75) is 0 Å². The number of hydrogen-bond acceptors (Lipinski definition) is 4. The van der Waals surface area contributed by atoms with E-state index in [1.54, 1.807) is 24.5 Å². The predicted molar refractivity (Wildman–Crippen MR) is 88.8 cm³/mol. The van der Waals surface area contributed by atoms with Gasteiger partial charge in [0.1, 0.15) is 12.1 Å². The van der Waals surface area contributed by atoms with Gasteiger partial charge >= 0.3 is 5.69 Å². The Labute approximate surface area is 135 Å². The molecule has 1 N–H and O–H groups in total. The molecule has 2 heterocycles. The molecule has 0 aliphatic carbocycles. The highest BCUT2D eigenvalue weighted by atomic mass is 19.1. The predicted octanol–water partition coefficient (Wildman–Crippen LogP) is 3.19. The lowest BCUT2D eigenvalue weighted by Crippen LogP contribution is -2.11. The molecule has 5 nitrogen and oxygen atoms in total. The van der Waals surface area contributed by atoms with Crippen LogP contribution in [-0.4, -0.2) is 19.9 Å². The minimum Gasteiger partial charge on any atom is -0.305 e. The molecule has 116 valence electrons. The van der Waals surface area contributed by atoms with Gasteiger partial charge in [-0.05, 0) is 42.0 Å². The fourth-order valence-corrected chi connectivity index (χ4v) is 2.61. The van der Waals surface area contributed by atoms with E-state index in [-0.39, 0.29) is 5.82 Å². The van der Waals surface area contributed by atoms with Gasteiger partial charge in [-0.15, -0.1) is 0 Å². The van der Waals surface area contributed by atoms with Gasteiger partial charge in [0.2, 0.25) is 0 Å². The summed E-state index contributed by atoms with van der Waals surface area (Å²) in [7, 11) is 0. The molecule has 4 aromatic rings. The van der Waals surface area contributed by atoms with Crippen molar-refractivity contribution in [3.05, 3.63) is 77.5 Å². The highest BCUT2D eigenvalue weighted by Gasteiger charge is 2.10. The van der Waals surface area contributed by atoms with Crippen LogP contribution in [0.15, 0.2) is 66.0 Å². The smallest absolute Gasteiger partial charge is 0.305 e. The molecule has 0 spiro atoms. The number of rotatable bonds is 2. The third-order valence-electron chi connectivity index (χ3n) is 3.74. The van der Waals surface area contributed by atoms with Crippen molar-refractivity contribution in [1.82, 2.24) is 19.9 Å². The van der Waals surface area contributed by atoms with Crippen LogP contribution in [0.2, 0.25) is 0 Å². The first kappa shape index (κ1) is 14.2. The Morgan fingerprint density at radius 2 is 1.58 bits per heavy atom. The van der Waals surface area contributed by atoms with Crippen LogP contribution in [0.5, 0.6) is 0 Å². The number of halogens is 1. The summed E-state index contributed by atoms with van der Waals surface area (Å²) in [4.78, 5) is 26.7. The molecule has 6 heteroatoms. The first-order valence-corrected chi connectivity index (χ1v) is 7.26. The van der Waals surface area contributed by atoms with Gasteiger partial charge in [0.25, 0.3) is 0 Å². The molecule has 0 saturated heterocycles. The average molecular weight is 318 g/mol. The Hall–Kier alpha value is -3.41. The monoisotopic (exact) mass is 318 g/mol. The van der Waals surface area contributed by atoms with Gasteiger partial charge < -0.3 is 4.98 Å². The highest BCUT2D eigenvalue weighted by Crippen LogP contribution is 2.28. The number of aromatic nitrogens is 4. The SMILES string of the molecule is O=c1nc(-c2ccc(F)cc2)c2cc(-c3cncnc3)ccc2[nH]1. The molecule has 0 radical (unpaired) electrons. The van der Waals surface area contributed by atoms with E-state index in [2.05, 4.69) is 19.9 Å². The lowest BCUT2D eigenvalue weighted by Gasteiger charge is -2.08. The summed E-state index contributed by atoms with van der Waals surface area (Å²) in [6.07, 6.45) is 4.89. The van der Waals surface area contributed by atoms with Gasteiger partial charge in [-0.2, -0.15) is 4.98 Å². The summed E-state index contributed by atoms with van der Waals surface area (Å²) >= 11 is 0. The largest absolute Gasteiger partial charge is 0.345 e. The highest BCUT2D eigenvalue weighted by molar-refractivity contribution is 5.94. The van der Waals surface area contributed by atoms with Crippen molar-refractivity contribution in [2.24, 2.45) is 0 Å². The molecule has 0 aliphatic rings. The van der Waals surface area contributed by atoms with Crippen LogP contribution in [0.25, 0.3) is 33.3 Å². The minimum atomic E-state index is -0.447. The third kappa shape index (κ3) is 2.54. The topological polar surface area (TPSA) is 71.5 Å². The van der Waals surface area contributed by atoms with Gasteiger partial charge in [0.05, 0.1) is 11.2 Å². The Morgan fingerprint density at radius 1 is 0.875 bits per heavy atom. The zero-order chi connectivity index (χ0) is 16.5. The Balaban J connectivity index is 1.98. The van der Waals surface area contributed by atoms with Crippen molar-refractivity contribution < 1.29 is 4.39 Å². The molecule has 2 aromatic heterocycles. The summed E-state index contributed by atoms with van der Waals surface area (Å²) in [5.41, 5.74) is 3.16. The standard InChI is InChI=1S/C18H11FN4O/c19-14-4-1-11(2-5-14)17-15-7-12(13-8-20-10-21-9-13)3-6-16(15)22-18(24)23-17/h1-10H,(H,22,23,24). The van der Waals surface area contributed by atoms with Crippen LogP contribution in [0.4, 0.5) is 4.39 Å².